The Morgan fingerprint density at radius 3 is 2.93 bits per heavy atom. The molecule has 0 saturated heterocycles. The highest BCUT2D eigenvalue weighted by molar-refractivity contribution is 9.10. The lowest BCUT2D eigenvalue weighted by Crippen LogP contribution is -2.05. The second-order valence-corrected chi connectivity index (χ2v) is 3.64. The summed E-state index contributed by atoms with van der Waals surface area (Å²) in [5.41, 5.74) is 0.0604. The van der Waals surface area contributed by atoms with Crippen molar-refractivity contribution in [2.75, 3.05) is 0 Å². The number of nitrogens with one attached hydrogen (secondary N) is 1. The molecule has 0 aliphatic carbocycles. The summed E-state index contributed by atoms with van der Waals surface area (Å²) in [6.07, 6.45) is 1.25. The van der Waals surface area contributed by atoms with Crippen molar-refractivity contribution in [3.8, 4) is 0 Å². The standard InChI is InChI=1S/C9H5BrFN3O/c10-6-3-1-2-5(8(6)11)9(15)7-4-12-14-13-7/h1-4H,(H,12,13,14). The van der Waals surface area contributed by atoms with E-state index < -0.39 is 11.6 Å². The average molecular weight is 270 g/mol. The van der Waals surface area contributed by atoms with E-state index in [1.54, 1.807) is 6.07 Å². The van der Waals surface area contributed by atoms with Gasteiger partial charge in [0.1, 0.15) is 5.82 Å². The van der Waals surface area contributed by atoms with Gasteiger partial charge in [0.05, 0.1) is 16.2 Å². The molecular formula is C9H5BrFN3O. The molecule has 0 unspecified atom stereocenters. The van der Waals surface area contributed by atoms with E-state index in [0.29, 0.717) is 0 Å². The van der Waals surface area contributed by atoms with Gasteiger partial charge in [0.15, 0.2) is 5.69 Å². The number of hydrogen-bond acceptors (Lipinski definition) is 3. The van der Waals surface area contributed by atoms with Crippen molar-refractivity contribution in [2.45, 2.75) is 0 Å². The summed E-state index contributed by atoms with van der Waals surface area (Å²) in [5.74, 6) is -1.09. The van der Waals surface area contributed by atoms with Crippen LogP contribution in [0.15, 0.2) is 28.9 Å². The van der Waals surface area contributed by atoms with Crippen LogP contribution in [-0.4, -0.2) is 21.2 Å². The molecule has 4 nitrogen and oxygen atoms in total. The maximum atomic E-state index is 13.5. The lowest BCUT2D eigenvalue weighted by molar-refractivity contribution is 0.103. The molecule has 0 aliphatic rings. The van der Waals surface area contributed by atoms with Gasteiger partial charge in [0, 0.05) is 0 Å². The summed E-state index contributed by atoms with van der Waals surface area (Å²) in [5, 5.41) is 9.38. The van der Waals surface area contributed by atoms with E-state index >= 15 is 0 Å². The first-order valence-corrected chi connectivity index (χ1v) is 4.84. The van der Waals surface area contributed by atoms with Crippen molar-refractivity contribution in [3.05, 3.63) is 45.9 Å². The van der Waals surface area contributed by atoms with Gasteiger partial charge in [-0.05, 0) is 28.1 Å². The Morgan fingerprint density at radius 2 is 2.27 bits per heavy atom. The monoisotopic (exact) mass is 269 g/mol. The molecule has 0 fully saturated rings. The largest absolute Gasteiger partial charge is 0.287 e. The molecule has 1 heterocycles. The van der Waals surface area contributed by atoms with Crippen LogP contribution < -0.4 is 0 Å². The summed E-state index contributed by atoms with van der Waals surface area (Å²) < 4.78 is 13.8. The smallest absolute Gasteiger partial charge is 0.217 e. The van der Waals surface area contributed by atoms with Crippen molar-refractivity contribution in [2.24, 2.45) is 0 Å². The average Bonchev–Trinajstić information content (AvgIpc) is 2.74. The predicted molar refractivity (Wildman–Crippen MR) is 53.9 cm³/mol. The van der Waals surface area contributed by atoms with E-state index in [1.807, 2.05) is 0 Å². The molecular weight excluding hydrogens is 265 g/mol. The van der Waals surface area contributed by atoms with Gasteiger partial charge in [-0.25, -0.2) is 4.39 Å². The predicted octanol–water partition coefficient (Wildman–Crippen LogP) is 1.94. The molecule has 0 bridgehead atoms. The fourth-order valence-electron chi connectivity index (χ4n) is 1.13. The van der Waals surface area contributed by atoms with Gasteiger partial charge in [0.2, 0.25) is 5.78 Å². The Kier molecular flexibility index (Phi) is 2.59. The van der Waals surface area contributed by atoms with Gasteiger partial charge in [-0.2, -0.15) is 15.4 Å². The zero-order chi connectivity index (χ0) is 10.8. The lowest BCUT2D eigenvalue weighted by Gasteiger charge is -2.00. The Labute approximate surface area is 92.6 Å². The van der Waals surface area contributed by atoms with E-state index in [9.17, 15) is 9.18 Å². The fourth-order valence-corrected chi connectivity index (χ4v) is 1.49. The third-order valence-electron chi connectivity index (χ3n) is 1.84. The van der Waals surface area contributed by atoms with Crippen LogP contribution in [0.3, 0.4) is 0 Å². The molecule has 0 radical (unpaired) electrons. The number of benzene rings is 1. The first-order valence-electron chi connectivity index (χ1n) is 4.04. The molecule has 0 amide bonds. The van der Waals surface area contributed by atoms with Gasteiger partial charge in [-0.1, -0.05) is 6.07 Å². The lowest BCUT2D eigenvalue weighted by atomic mass is 10.1. The number of nitrogens with zero attached hydrogens (tertiary/aromatic N) is 2. The molecule has 1 aromatic heterocycles. The van der Waals surface area contributed by atoms with E-state index in [2.05, 4.69) is 31.3 Å². The van der Waals surface area contributed by atoms with E-state index in [0.717, 1.165) is 0 Å². The quantitative estimate of drug-likeness (QED) is 0.848. The van der Waals surface area contributed by atoms with Crippen molar-refractivity contribution >= 4 is 21.7 Å². The Balaban J connectivity index is 2.47. The summed E-state index contributed by atoms with van der Waals surface area (Å²) in [6, 6.07) is 4.51. The minimum atomic E-state index is -0.592. The van der Waals surface area contributed by atoms with Crippen LogP contribution in [0.25, 0.3) is 0 Å². The maximum absolute atomic E-state index is 13.5. The number of H-pyrrole nitrogens is 1. The Bertz CT molecular complexity index is 498. The number of carbonyl (C=O) groups is 1. The van der Waals surface area contributed by atoms with Crippen molar-refractivity contribution in [1.82, 2.24) is 15.4 Å². The maximum Gasteiger partial charge on any atom is 0.217 e. The molecule has 1 aromatic carbocycles. The molecule has 6 heteroatoms. The van der Waals surface area contributed by atoms with E-state index in [-0.39, 0.29) is 15.7 Å². The topological polar surface area (TPSA) is 58.6 Å². The minimum Gasteiger partial charge on any atom is -0.287 e. The minimum absolute atomic E-state index is 0.0294. The van der Waals surface area contributed by atoms with Crippen LogP contribution >= 0.6 is 15.9 Å². The van der Waals surface area contributed by atoms with Crippen LogP contribution in [0, 0.1) is 5.82 Å². The Morgan fingerprint density at radius 1 is 1.47 bits per heavy atom. The summed E-state index contributed by atoms with van der Waals surface area (Å²) in [6.45, 7) is 0. The molecule has 0 spiro atoms. The number of rotatable bonds is 2. The molecule has 2 aromatic rings. The Hall–Kier alpha value is -1.56. The van der Waals surface area contributed by atoms with Crippen molar-refractivity contribution in [1.29, 1.82) is 0 Å². The number of carbonyl (C=O) groups excluding carboxylic acids is 1. The number of aromatic amines is 1. The third-order valence-corrected chi connectivity index (χ3v) is 2.46. The number of hydrogen-bond donors (Lipinski definition) is 1. The van der Waals surface area contributed by atoms with Crippen LogP contribution in [0.1, 0.15) is 16.1 Å². The first-order chi connectivity index (χ1) is 7.20. The van der Waals surface area contributed by atoms with Gasteiger partial charge >= 0.3 is 0 Å². The highest BCUT2D eigenvalue weighted by atomic mass is 79.9. The van der Waals surface area contributed by atoms with Crippen molar-refractivity contribution < 1.29 is 9.18 Å². The summed E-state index contributed by atoms with van der Waals surface area (Å²) in [7, 11) is 0. The third kappa shape index (κ3) is 1.80. The fraction of sp³-hybridized carbons (Fsp3) is 0. The number of ketones is 1. The molecule has 1 N–H and O–H groups in total. The number of halogens is 2. The summed E-state index contributed by atoms with van der Waals surface area (Å²) in [4.78, 5) is 11.7. The van der Waals surface area contributed by atoms with Gasteiger partial charge in [0.25, 0.3) is 0 Å². The second kappa shape index (κ2) is 3.90. The van der Waals surface area contributed by atoms with Gasteiger partial charge in [-0.15, -0.1) is 0 Å². The van der Waals surface area contributed by atoms with Gasteiger partial charge < -0.3 is 0 Å². The molecule has 0 saturated carbocycles. The van der Waals surface area contributed by atoms with E-state index in [1.165, 1.54) is 18.3 Å². The normalized spacial score (nSPS) is 10.3. The van der Waals surface area contributed by atoms with Crippen LogP contribution in [0.4, 0.5) is 4.39 Å². The SMILES string of the molecule is O=C(c1cn[nH]n1)c1cccc(Br)c1F. The molecule has 0 atom stereocenters. The van der Waals surface area contributed by atoms with Crippen molar-refractivity contribution in [3.63, 3.8) is 0 Å². The molecule has 76 valence electrons. The molecule has 0 aliphatic heterocycles. The van der Waals surface area contributed by atoms with Crippen LogP contribution in [0.5, 0.6) is 0 Å². The van der Waals surface area contributed by atoms with E-state index in [4.69, 9.17) is 0 Å². The first kappa shape index (κ1) is 9.97. The highest BCUT2D eigenvalue weighted by Gasteiger charge is 2.17. The number of aromatic nitrogens is 3. The second-order valence-electron chi connectivity index (χ2n) is 2.79. The van der Waals surface area contributed by atoms with Crippen LogP contribution in [0.2, 0.25) is 0 Å². The molecule has 15 heavy (non-hydrogen) atoms. The summed E-state index contributed by atoms with van der Waals surface area (Å²) >= 11 is 3.01. The van der Waals surface area contributed by atoms with Crippen LogP contribution in [-0.2, 0) is 0 Å². The zero-order valence-electron chi connectivity index (χ0n) is 7.37. The van der Waals surface area contributed by atoms with Gasteiger partial charge in [-0.3, -0.25) is 4.79 Å². The highest BCUT2D eigenvalue weighted by Crippen LogP contribution is 2.20. The molecule has 2 rings (SSSR count). The zero-order valence-corrected chi connectivity index (χ0v) is 8.95.